The Morgan fingerprint density at radius 3 is 2.75 bits per heavy atom. The lowest BCUT2D eigenvalue weighted by molar-refractivity contribution is -0.118. The van der Waals surface area contributed by atoms with E-state index in [0.29, 0.717) is 5.02 Å². The van der Waals surface area contributed by atoms with Crippen LogP contribution in [0.5, 0.6) is 0 Å². The molecule has 0 bridgehead atoms. The van der Waals surface area contributed by atoms with Gasteiger partial charge in [0.1, 0.15) is 6.04 Å². The molecule has 3 N–H and O–H groups in total. The standard InChI is InChI=1S/C13H14BrClN4O/c1-7-9(6-19(2)18-7)12(13(16)20)17-8-3-4-11(15)10(14)5-8/h3-6,12,17H,1-2H3,(H2,16,20). The lowest BCUT2D eigenvalue weighted by atomic mass is 10.1. The molecule has 0 radical (unpaired) electrons. The van der Waals surface area contributed by atoms with Crippen molar-refractivity contribution in [1.29, 1.82) is 0 Å². The van der Waals surface area contributed by atoms with Crippen molar-refractivity contribution < 1.29 is 4.79 Å². The maximum Gasteiger partial charge on any atom is 0.244 e. The number of halogens is 2. The maximum atomic E-state index is 11.7. The highest BCUT2D eigenvalue weighted by molar-refractivity contribution is 9.10. The van der Waals surface area contributed by atoms with E-state index in [-0.39, 0.29) is 0 Å². The van der Waals surface area contributed by atoms with Crippen molar-refractivity contribution in [3.8, 4) is 0 Å². The van der Waals surface area contributed by atoms with E-state index in [0.717, 1.165) is 21.4 Å². The van der Waals surface area contributed by atoms with Gasteiger partial charge in [-0.1, -0.05) is 11.6 Å². The van der Waals surface area contributed by atoms with Gasteiger partial charge in [-0.15, -0.1) is 0 Å². The van der Waals surface area contributed by atoms with Crippen LogP contribution in [0, 0.1) is 6.92 Å². The minimum atomic E-state index is -0.642. The summed E-state index contributed by atoms with van der Waals surface area (Å²) < 4.78 is 2.40. The molecule has 1 aromatic carbocycles. The highest BCUT2D eigenvalue weighted by Crippen LogP contribution is 2.28. The van der Waals surface area contributed by atoms with Crippen molar-refractivity contribution in [1.82, 2.24) is 9.78 Å². The first-order valence-corrected chi connectivity index (χ1v) is 7.06. The molecule has 1 heterocycles. The summed E-state index contributed by atoms with van der Waals surface area (Å²) in [6.07, 6.45) is 1.78. The molecule has 7 heteroatoms. The van der Waals surface area contributed by atoms with Crippen LogP contribution in [-0.4, -0.2) is 15.7 Å². The van der Waals surface area contributed by atoms with Gasteiger partial charge in [-0.25, -0.2) is 0 Å². The number of aromatic nitrogens is 2. The number of hydrogen-bond acceptors (Lipinski definition) is 3. The summed E-state index contributed by atoms with van der Waals surface area (Å²) in [5.41, 5.74) is 7.75. The molecule has 0 fully saturated rings. The fraction of sp³-hybridized carbons (Fsp3) is 0.231. The molecule has 0 saturated heterocycles. The monoisotopic (exact) mass is 356 g/mol. The van der Waals surface area contributed by atoms with E-state index in [1.807, 2.05) is 6.92 Å². The van der Waals surface area contributed by atoms with Crippen molar-refractivity contribution >= 4 is 39.1 Å². The van der Waals surface area contributed by atoms with Crippen molar-refractivity contribution in [2.75, 3.05) is 5.32 Å². The average molecular weight is 358 g/mol. The zero-order valence-electron chi connectivity index (χ0n) is 11.0. The summed E-state index contributed by atoms with van der Waals surface area (Å²) in [5, 5.41) is 7.93. The van der Waals surface area contributed by atoms with Gasteiger partial charge < -0.3 is 11.1 Å². The minimum Gasteiger partial charge on any atom is -0.370 e. The van der Waals surface area contributed by atoms with Gasteiger partial charge in [0, 0.05) is 29.0 Å². The number of primary amides is 1. The van der Waals surface area contributed by atoms with Crippen molar-refractivity contribution in [2.45, 2.75) is 13.0 Å². The van der Waals surface area contributed by atoms with Gasteiger partial charge >= 0.3 is 0 Å². The number of carbonyl (C=O) groups excluding carboxylic acids is 1. The first-order chi connectivity index (χ1) is 9.38. The highest BCUT2D eigenvalue weighted by atomic mass is 79.9. The second kappa shape index (κ2) is 5.85. The number of hydrogen-bond donors (Lipinski definition) is 2. The molecule has 1 atom stereocenters. The largest absolute Gasteiger partial charge is 0.370 e. The fourth-order valence-corrected chi connectivity index (χ4v) is 2.45. The molecule has 0 spiro atoms. The Morgan fingerprint density at radius 2 is 2.25 bits per heavy atom. The predicted octanol–water partition coefficient (Wildman–Crippen LogP) is 2.78. The molecule has 1 aromatic heterocycles. The second-order valence-electron chi connectivity index (χ2n) is 4.45. The number of nitrogens with two attached hydrogens (primary N) is 1. The zero-order chi connectivity index (χ0) is 14.9. The van der Waals surface area contributed by atoms with Gasteiger partial charge in [-0.3, -0.25) is 9.48 Å². The Bertz CT molecular complexity index is 656. The number of rotatable bonds is 4. The van der Waals surface area contributed by atoms with E-state index in [1.165, 1.54) is 0 Å². The van der Waals surface area contributed by atoms with E-state index >= 15 is 0 Å². The zero-order valence-corrected chi connectivity index (χ0v) is 13.4. The SMILES string of the molecule is Cc1nn(C)cc1C(Nc1ccc(Cl)c(Br)c1)C(N)=O. The maximum absolute atomic E-state index is 11.7. The molecule has 2 aromatic rings. The first-order valence-electron chi connectivity index (χ1n) is 5.89. The van der Waals surface area contributed by atoms with Crippen LogP contribution in [0.1, 0.15) is 17.3 Å². The third-order valence-corrected chi connectivity index (χ3v) is 4.09. The predicted molar refractivity (Wildman–Crippen MR) is 82.7 cm³/mol. The number of nitrogens with one attached hydrogen (secondary N) is 1. The lowest BCUT2D eigenvalue weighted by Gasteiger charge is -2.16. The Labute approximate surface area is 130 Å². The van der Waals surface area contributed by atoms with Crippen molar-refractivity contribution in [3.05, 3.63) is 45.1 Å². The van der Waals surface area contributed by atoms with E-state index in [1.54, 1.807) is 36.1 Å². The van der Waals surface area contributed by atoms with Gasteiger partial charge in [0.25, 0.3) is 0 Å². The summed E-state index contributed by atoms with van der Waals surface area (Å²) in [4.78, 5) is 11.7. The second-order valence-corrected chi connectivity index (χ2v) is 5.71. The molecule has 1 amide bonds. The molecule has 20 heavy (non-hydrogen) atoms. The first kappa shape index (κ1) is 14.9. The van der Waals surface area contributed by atoms with Gasteiger partial charge in [0.15, 0.2) is 0 Å². The molecule has 0 saturated carbocycles. The third kappa shape index (κ3) is 3.13. The molecule has 5 nitrogen and oxygen atoms in total. The molecule has 106 valence electrons. The molecular weight excluding hydrogens is 344 g/mol. The summed E-state index contributed by atoms with van der Waals surface area (Å²) >= 11 is 9.29. The van der Waals surface area contributed by atoms with Crippen molar-refractivity contribution in [2.24, 2.45) is 12.8 Å². The fourth-order valence-electron chi connectivity index (χ4n) is 1.96. The van der Waals surface area contributed by atoms with Crippen LogP contribution in [0.2, 0.25) is 5.02 Å². The molecule has 0 aliphatic rings. The normalized spacial score (nSPS) is 12.2. The topological polar surface area (TPSA) is 72.9 Å². The van der Waals surface area contributed by atoms with Crippen LogP contribution in [0.4, 0.5) is 5.69 Å². The van der Waals surface area contributed by atoms with Gasteiger partial charge in [-0.2, -0.15) is 5.10 Å². The van der Waals surface area contributed by atoms with Gasteiger partial charge in [0.05, 0.1) is 10.7 Å². The van der Waals surface area contributed by atoms with Gasteiger partial charge in [0.2, 0.25) is 5.91 Å². The minimum absolute atomic E-state index is 0.466. The number of anilines is 1. The Kier molecular flexibility index (Phi) is 4.35. The Balaban J connectivity index is 2.33. The molecule has 2 rings (SSSR count). The van der Waals surface area contributed by atoms with Crippen molar-refractivity contribution in [3.63, 3.8) is 0 Å². The van der Waals surface area contributed by atoms with Gasteiger partial charge in [-0.05, 0) is 41.1 Å². The molecule has 0 aliphatic carbocycles. The van der Waals surface area contributed by atoms with Crippen LogP contribution in [-0.2, 0) is 11.8 Å². The molecular formula is C13H14BrClN4O. The van der Waals surface area contributed by atoms with E-state index in [2.05, 4.69) is 26.3 Å². The number of nitrogens with zero attached hydrogens (tertiary/aromatic N) is 2. The Morgan fingerprint density at radius 1 is 1.55 bits per heavy atom. The van der Waals surface area contributed by atoms with E-state index in [4.69, 9.17) is 17.3 Å². The third-order valence-electron chi connectivity index (χ3n) is 2.88. The Hall–Kier alpha value is -1.53. The summed E-state index contributed by atoms with van der Waals surface area (Å²) in [6.45, 7) is 1.84. The molecule has 1 unspecified atom stereocenters. The van der Waals surface area contributed by atoms with Crippen LogP contribution in [0.3, 0.4) is 0 Å². The smallest absolute Gasteiger partial charge is 0.244 e. The average Bonchev–Trinajstić information content (AvgIpc) is 2.69. The summed E-state index contributed by atoms with van der Waals surface area (Å²) in [7, 11) is 1.80. The summed E-state index contributed by atoms with van der Waals surface area (Å²) in [6, 6.07) is 4.68. The van der Waals surface area contributed by atoms with E-state index in [9.17, 15) is 4.79 Å². The number of benzene rings is 1. The van der Waals surface area contributed by atoms with Crippen LogP contribution in [0.25, 0.3) is 0 Å². The van der Waals surface area contributed by atoms with E-state index < -0.39 is 11.9 Å². The quantitative estimate of drug-likeness (QED) is 0.883. The lowest BCUT2D eigenvalue weighted by Crippen LogP contribution is -2.28. The van der Waals surface area contributed by atoms with Crippen LogP contribution >= 0.6 is 27.5 Å². The van der Waals surface area contributed by atoms with Crippen LogP contribution < -0.4 is 11.1 Å². The molecule has 0 aliphatic heterocycles. The number of carbonyl (C=O) groups is 1. The highest BCUT2D eigenvalue weighted by Gasteiger charge is 2.22. The number of amides is 1. The number of aryl methyl sites for hydroxylation is 2. The summed E-state index contributed by atoms with van der Waals surface area (Å²) in [5.74, 6) is -0.466. The van der Waals surface area contributed by atoms with Crippen LogP contribution in [0.15, 0.2) is 28.9 Å².